The second-order valence-corrected chi connectivity index (χ2v) is 5.57. The number of hydrogen-bond acceptors (Lipinski definition) is 3. The van der Waals surface area contributed by atoms with Gasteiger partial charge in [0.1, 0.15) is 0 Å². The smallest absolute Gasteiger partial charge is 0.251 e. The van der Waals surface area contributed by atoms with E-state index >= 15 is 0 Å². The van der Waals surface area contributed by atoms with Crippen molar-refractivity contribution < 1.29 is 17.2 Å². The summed E-state index contributed by atoms with van der Waals surface area (Å²) in [6, 6.07) is 0.543. The van der Waals surface area contributed by atoms with Gasteiger partial charge < -0.3 is 5.32 Å². The first-order valence-corrected chi connectivity index (χ1v) is 6.64. The molecule has 1 fully saturated rings. The zero-order chi connectivity index (χ0) is 11.3. The molecule has 0 bridgehead atoms. The van der Waals surface area contributed by atoms with Gasteiger partial charge in [0.25, 0.3) is 6.43 Å². The van der Waals surface area contributed by atoms with Gasteiger partial charge in [-0.25, -0.2) is 21.9 Å². The van der Waals surface area contributed by atoms with Crippen LogP contribution in [0.2, 0.25) is 0 Å². The molecule has 15 heavy (non-hydrogen) atoms. The van der Waals surface area contributed by atoms with E-state index in [2.05, 4.69) is 5.32 Å². The fourth-order valence-electron chi connectivity index (χ4n) is 1.12. The third-order valence-electron chi connectivity index (χ3n) is 2.06. The van der Waals surface area contributed by atoms with Gasteiger partial charge in [0.2, 0.25) is 10.0 Å². The Balaban J connectivity index is 2.05. The second kappa shape index (κ2) is 5.72. The highest BCUT2D eigenvalue weighted by molar-refractivity contribution is 7.89. The summed E-state index contributed by atoms with van der Waals surface area (Å²) in [4.78, 5) is 0. The van der Waals surface area contributed by atoms with Crippen LogP contribution in [0.3, 0.4) is 0 Å². The highest BCUT2D eigenvalue weighted by Gasteiger charge is 2.20. The number of rotatable bonds is 8. The molecular formula is C8H16F2N2O2S. The molecule has 90 valence electrons. The molecule has 7 heteroatoms. The molecule has 0 aliphatic heterocycles. The lowest BCUT2D eigenvalue weighted by molar-refractivity contribution is 0.153. The Morgan fingerprint density at radius 3 is 2.53 bits per heavy atom. The normalized spacial score (nSPS) is 17.3. The molecule has 0 aromatic heterocycles. The molecular weight excluding hydrogens is 226 g/mol. The van der Waals surface area contributed by atoms with Crippen LogP contribution in [0, 0.1) is 0 Å². The molecule has 1 saturated carbocycles. The van der Waals surface area contributed by atoms with Crippen LogP contribution in [0.15, 0.2) is 0 Å². The minimum Gasteiger partial charge on any atom is -0.314 e. The molecule has 0 radical (unpaired) electrons. The maximum absolute atomic E-state index is 11.7. The summed E-state index contributed by atoms with van der Waals surface area (Å²) >= 11 is 0. The average Bonchev–Trinajstić information content (AvgIpc) is 2.93. The Kier molecular flexibility index (Phi) is 4.88. The molecule has 0 unspecified atom stereocenters. The number of alkyl halides is 2. The predicted octanol–water partition coefficient (Wildman–Crippen LogP) is 0.313. The van der Waals surface area contributed by atoms with Gasteiger partial charge in [0.05, 0.1) is 12.3 Å². The summed E-state index contributed by atoms with van der Waals surface area (Å²) in [6.45, 7) is -0.168. The average molecular weight is 242 g/mol. The summed E-state index contributed by atoms with van der Waals surface area (Å²) in [7, 11) is -3.52. The van der Waals surface area contributed by atoms with E-state index in [0.29, 0.717) is 19.0 Å². The molecule has 0 amide bonds. The van der Waals surface area contributed by atoms with Gasteiger partial charge in [-0.3, -0.25) is 0 Å². The minimum absolute atomic E-state index is 0.0978. The fraction of sp³-hybridized carbons (Fsp3) is 1.00. The SMILES string of the molecule is O=S(=O)(CCCNC1CC1)NCC(F)F. The first-order chi connectivity index (χ1) is 6.99. The highest BCUT2D eigenvalue weighted by atomic mass is 32.2. The van der Waals surface area contributed by atoms with Crippen molar-refractivity contribution in [1.82, 2.24) is 10.0 Å². The van der Waals surface area contributed by atoms with Crippen molar-refractivity contribution in [3.8, 4) is 0 Å². The maximum Gasteiger partial charge on any atom is 0.251 e. The van der Waals surface area contributed by atoms with Crippen molar-refractivity contribution in [3.05, 3.63) is 0 Å². The van der Waals surface area contributed by atoms with Gasteiger partial charge in [-0.2, -0.15) is 0 Å². The molecule has 2 N–H and O–H groups in total. The molecule has 0 atom stereocenters. The highest BCUT2D eigenvalue weighted by Crippen LogP contribution is 2.18. The molecule has 0 heterocycles. The van der Waals surface area contributed by atoms with Gasteiger partial charge in [0.15, 0.2) is 0 Å². The van der Waals surface area contributed by atoms with Gasteiger partial charge in [0, 0.05) is 6.04 Å². The lowest BCUT2D eigenvalue weighted by atomic mass is 10.5. The third kappa shape index (κ3) is 6.75. The van der Waals surface area contributed by atoms with Crippen LogP contribution in [0.25, 0.3) is 0 Å². The van der Waals surface area contributed by atoms with E-state index in [1.54, 1.807) is 0 Å². The van der Waals surface area contributed by atoms with Crippen LogP contribution in [0.5, 0.6) is 0 Å². The fourth-order valence-corrected chi connectivity index (χ4v) is 2.17. The molecule has 1 aliphatic rings. The molecule has 0 aromatic carbocycles. The summed E-state index contributed by atoms with van der Waals surface area (Å²) in [5.41, 5.74) is 0. The molecule has 1 rings (SSSR count). The first kappa shape index (κ1) is 12.8. The van der Waals surface area contributed by atoms with Crippen molar-refractivity contribution in [1.29, 1.82) is 0 Å². The number of sulfonamides is 1. The van der Waals surface area contributed by atoms with Crippen molar-refractivity contribution in [2.24, 2.45) is 0 Å². The summed E-state index contributed by atoms with van der Waals surface area (Å²) in [5, 5.41) is 3.15. The second-order valence-electron chi connectivity index (χ2n) is 3.64. The predicted molar refractivity (Wildman–Crippen MR) is 53.4 cm³/mol. The van der Waals surface area contributed by atoms with Gasteiger partial charge in [-0.1, -0.05) is 0 Å². The van der Waals surface area contributed by atoms with Crippen LogP contribution < -0.4 is 10.0 Å². The van der Waals surface area contributed by atoms with Crippen LogP contribution in [0.1, 0.15) is 19.3 Å². The van der Waals surface area contributed by atoms with Crippen molar-refractivity contribution in [3.63, 3.8) is 0 Å². The maximum atomic E-state index is 11.7. The topological polar surface area (TPSA) is 58.2 Å². The Morgan fingerprint density at radius 1 is 1.33 bits per heavy atom. The van der Waals surface area contributed by atoms with Crippen molar-refractivity contribution in [2.45, 2.75) is 31.7 Å². The quantitative estimate of drug-likeness (QED) is 0.602. The van der Waals surface area contributed by atoms with Crippen LogP contribution in [-0.4, -0.2) is 39.7 Å². The van der Waals surface area contributed by atoms with E-state index in [0.717, 1.165) is 12.8 Å². The van der Waals surface area contributed by atoms with E-state index in [9.17, 15) is 17.2 Å². The molecule has 4 nitrogen and oxygen atoms in total. The van der Waals surface area contributed by atoms with Crippen LogP contribution >= 0.6 is 0 Å². The van der Waals surface area contributed by atoms with E-state index in [1.807, 2.05) is 4.72 Å². The molecule has 0 spiro atoms. The Hall–Kier alpha value is -0.270. The minimum atomic E-state index is -3.52. The standard InChI is InChI=1S/C8H16F2N2O2S/c9-8(10)6-12-15(13,14)5-1-4-11-7-2-3-7/h7-8,11-12H,1-6H2. The van der Waals surface area contributed by atoms with E-state index in [1.165, 1.54) is 0 Å². The molecule has 0 aromatic rings. The Morgan fingerprint density at radius 2 is 2.00 bits per heavy atom. The van der Waals surface area contributed by atoms with Crippen LogP contribution in [-0.2, 0) is 10.0 Å². The summed E-state index contributed by atoms with van der Waals surface area (Å²) in [6.07, 6.45) is 0.117. The van der Waals surface area contributed by atoms with Gasteiger partial charge >= 0.3 is 0 Å². The molecule has 1 aliphatic carbocycles. The van der Waals surface area contributed by atoms with Crippen molar-refractivity contribution in [2.75, 3.05) is 18.8 Å². The molecule has 0 saturated heterocycles. The number of halogens is 2. The Labute approximate surface area is 88.5 Å². The lowest BCUT2D eigenvalue weighted by Gasteiger charge is -2.06. The first-order valence-electron chi connectivity index (χ1n) is 4.98. The van der Waals surface area contributed by atoms with Crippen LogP contribution in [0.4, 0.5) is 8.78 Å². The summed E-state index contributed by atoms with van der Waals surface area (Å²) < 4.78 is 47.6. The van der Waals surface area contributed by atoms with E-state index < -0.39 is 23.0 Å². The largest absolute Gasteiger partial charge is 0.314 e. The van der Waals surface area contributed by atoms with E-state index in [-0.39, 0.29) is 5.75 Å². The monoisotopic (exact) mass is 242 g/mol. The van der Waals surface area contributed by atoms with Gasteiger partial charge in [-0.15, -0.1) is 0 Å². The number of nitrogens with one attached hydrogen (secondary N) is 2. The third-order valence-corrected chi connectivity index (χ3v) is 3.49. The zero-order valence-electron chi connectivity index (χ0n) is 8.38. The van der Waals surface area contributed by atoms with E-state index in [4.69, 9.17) is 0 Å². The zero-order valence-corrected chi connectivity index (χ0v) is 9.19. The van der Waals surface area contributed by atoms with Crippen molar-refractivity contribution >= 4 is 10.0 Å². The lowest BCUT2D eigenvalue weighted by Crippen LogP contribution is -2.32. The number of hydrogen-bond donors (Lipinski definition) is 2. The Bertz CT molecular complexity index is 278. The van der Waals surface area contributed by atoms with Gasteiger partial charge in [-0.05, 0) is 25.8 Å². The summed E-state index contributed by atoms with van der Waals surface area (Å²) in [5.74, 6) is -0.0978.